The number of carbonyl (C=O) groups is 2. The van der Waals surface area contributed by atoms with Gasteiger partial charge in [-0.05, 0) is 77.8 Å². The van der Waals surface area contributed by atoms with Crippen molar-refractivity contribution in [1.29, 1.82) is 0 Å². The number of aryl methyl sites for hydroxylation is 1. The van der Waals surface area contributed by atoms with E-state index in [9.17, 15) is 14.7 Å². The van der Waals surface area contributed by atoms with Gasteiger partial charge >= 0.3 is 5.97 Å². The fourth-order valence-corrected chi connectivity index (χ4v) is 5.84. The van der Waals surface area contributed by atoms with E-state index in [-0.39, 0.29) is 20.9 Å². The summed E-state index contributed by atoms with van der Waals surface area (Å²) in [6, 6.07) is 18.2. The molecule has 0 spiro atoms. The van der Waals surface area contributed by atoms with Crippen LogP contribution in [0, 0.1) is 12.3 Å². The molecular formula is C33H42INO5. The number of nitrogens with one attached hydrogen (secondary N) is 1. The van der Waals surface area contributed by atoms with Crippen LogP contribution in [0.4, 0.5) is 0 Å². The minimum Gasteiger partial charge on any atom is -0.486 e. The summed E-state index contributed by atoms with van der Waals surface area (Å²) in [5.74, 6) is -0.698. The third-order valence-electron chi connectivity index (χ3n) is 7.90. The Morgan fingerprint density at radius 2 is 1.52 bits per heavy atom. The highest BCUT2D eigenvalue weighted by molar-refractivity contribution is 14.1. The van der Waals surface area contributed by atoms with Crippen LogP contribution in [0.5, 0.6) is 5.75 Å². The molecule has 3 rings (SSSR count). The lowest BCUT2D eigenvalue weighted by molar-refractivity contribution is -0.135. The van der Waals surface area contributed by atoms with Crippen molar-refractivity contribution in [2.75, 3.05) is 6.54 Å². The molecule has 0 aromatic heterocycles. The number of rotatable bonds is 11. The molecule has 0 radical (unpaired) electrons. The third kappa shape index (κ3) is 6.97. The van der Waals surface area contributed by atoms with Crippen molar-refractivity contribution < 1.29 is 24.5 Å². The molecule has 3 aromatic carbocycles. The lowest BCUT2D eigenvalue weighted by atomic mass is 9.70. The fraction of sp³-hybridized carbons (Fsp3) is 0.455. The van der Waals surface area contributed by atoms with Gasteiger partial charge < -0.3 is 20.3 Å². The van der Waals surface area contributed by atoms with E-state index < -0.39 is 24.5 Å². The Morgan fingerprint density at radius 1 is 0.950 bits per heavy atom. The zero-order valence-electron chi connectivity index (χ0n) is 24.5. The summed E-state index contributed by atoms with van der Waals surface area (Å²) in [6.45, 7) is 14.2. The molecule has 3 unspecified atom stereocenters. The number of alkyl halides is 1. The Kier molecular flexibility index (Phi) is 10.3. The topological polar surface area (TPSA) is 95.9 Å². The number of carbonyl (C=O) groups excluding carboxylic acids is 1. The second kappa shape index (κ2) is 12.9. The average molecular weight is 660 g/mol. The maximum atomic E-state index is 12.3. The van der Waals surface area contributed by atoms with E-state index in [1.54, 1.807) is 12.1 Å². The summed E-state index contributed by atoms with van der Waals surface area (Å²) in [5, 5.41) is 24.2. The van der Waals surface area contributed by atoms with Crippen molar-refractivity contribution in [3.8, 4) is 5.75 Å². The lowest BCUT2D eigenvalue weighted by Crippen LogP contribution is -2.45. The van der Waals surface area contributed by atoms with Crippen LogP contribution < -0.4 is 10.1 Å². The highest BCUT2D eigenvalue weighted by Gasteiger charge is 2.36. The van der Waals surface area contributed by atoms with Gasteiger partial charge in [-0.15, -0.1) is 0 Å². The Labute approximate surface area is 251 Å². The molecule has 0 aliphatic heterocycles. The molecule has 3 N–H and O–H groups in total. The number of aliphatic hydroxyl groups is 1. The van der Waals surface area contributed by atoms with Crippen LogP contribution in [0.15, 0.2) is 54.6 Å². The normalized spacial score (nSPS) is 14.4. The first-order valence-electron chi connectivity index (χ1n) is 13.9. The molecule has 3 atom stereocenters. The molecule has 7 heteroatoms. The van der Waals surface area contributed by atoms with Gasteiger partial charge in [0, 0.05) is 14.9 Å². The summed E-state index contributed by atoms with van der Waals surface area (Å²) in [4.78, 5) is 23.1. The number of hydrogen-bond acceptors (Lipinski definition) is 4. The molecule has 0 saturated carbocycles. The SMILES string of the molecule is CCC(CC)(c1ccc(OC(C(C)I)C(O)C(C)(C)C)c(C)c1)c1ccc2cc(C(=O)NCC(=O)O)ccc2c1. The van der Waals surface area contributed by atoms with E-state index in [0.717, 1.165) is 34.9 Å². The van der Waals surface area contributed by atoms with Gasteiger partial charge in [0.05, 0.1) is 6.10 Å². The number of carboxylic acid groups (broad SMARTS) is 1. The molecular weight excluding hydrogens is 617 g/mol. The maximum Gasteiger partial charge on any atom is 0.322 e. The zero-order chi connectivity index (χ0) is 29.8. The summed E-state index contributed by atoms with van der Waals surface area (Å²) in [7, 11) is 0. The van der Waals surface area contributed by atoms with Crippen LogP contribution in [0.1, 0.15) is 81.4 Å². The number of aliphatic carboxylic acids is 1. The van der Waals surface area contributed by atoms with Gasteiger partial charge in [0.15, 0.2) is 0 Å². The molecule has 0 saturated heterocycles. The van der Waals surface area contributed by atoms with Gasteiger partial charge in [-0.1, -0.05) is 93.6 Å². The quantitative estimate of drug-likeness (QED) is 0.152. The van der Waals surface area contributed by atoms with Crippen LogP contribution in [0.2, 0.25) is 0 Å². The van der Waals surface area contributed by atoms with E-state index >= 15 is 0 Å². The molecule has 1 amide bonds. The van der Waals surface area contributed by atoms with Crippen molar-refractivity contribution in [3.63, 3.8) is 0 Å². The minimum absolute atomic E-state index is 0.123. The predicted molar refractivity (Wildman–Crippen MR) is 170 cm³/mol. The first-order valence-corrected chi connectivity index (χ1v) is 15.1. The largest absolute Gasteiger partial charge is 0.486 e. The van der Waals surface area contributed by atoms with Gasteiger partial charge in [-0.25, -0.2) is 0 Å². The van der Waals surface area contributed by atoms with Crippen molar-refractivity contribution in [1.82, 2.24) is 5.32 Å². The molecule has 0 aliphatic carbocycles. The summed E-state index contributed by atoms with van der Waals surface area (Å²) < 4.78 is 6.55. The first-order chi connectivity index (χ1) is 18.7. The summed E-state index contributed by atoms with van der Waals surface area (Å²) >= 11 is 2.33. The fourth-order valence-electron chi connectivity index (χ4n) is 5.30. The highest BCUT2D eigenvalue weighted by atomic mass is 127. The van der Waals surface area contributed by atoms with Gasteiger partial charge in [0.1, 0.15) is 18.4 Å². The van der Waals surface area contributed by atoms with Crippen molar-refractivity contribution in [2.24, 2.45) is 5.41 Å². The molecule has 0 aliphatic rings. The second-order valence-electron chi connectivity index (χ2n) is 11.7. The number of amides is 1. The number of benzene rings is 3. The molecule has 6 nitrogen and oxygen atoms in total. The summed E-state index contributed by atoms with van der Waals surface area (Å²) in [6.07, 6.45) is 0.870. The van der Waals surface area contributed by atoms with Crippen LogP contribution in [0.25, 0.3) is 10.8 Å². The smallest absolute Gasteiger partial charge is 0.322 e. The number of hydrogen-bond donors (Lipinski definition) is 3. The van der Waals surface area contributed by atoms with E-state index in [1.165, 1.54) is 11.1 Å². The van der Waals surface area contributed by atoms with Gasteiger partial charge in [-0.2, -0.15) is 0 Å². The number of aliphatic hydroxyl groups excluding tert-OH is 1. The standard InChI is InChI=1S/C33H42INO5/c1-8-33(9-2,25-14-15-27(20(3)16-25)40-29(21(4)34)30(38)32(5,6)7)26-13-12-22-17-24(11-10-23(22)18-26)31(39)35-19-28(36)37/h10-18,21,29-30,38H,8-9,19H2,1-7H3,(H,35,39)(H,36,37). The number of halogens is 1. The zero-order valence-corrected chi connectivity index (χ0v) is 26.7. The number of ether oxygens (including phenoxy) is 1. The monoisotopic (exact) mass is 659 g/mol. The predicted octanol–water partition coefficient (Wildman–Crippen LogP) is 7.05. The lowest BCUT2D eigenvalue weighted by Gasteiger charge is -2.36. The van der Waals surface area contributed by atoms with E-state index in [4.69, 9.17) is 9.84 Å². The molecule has 40 heavy (non-hydrogen) atoms. The van der Waals surface area contributed by atoms with Crippen LogP contribution in [0.3, 0.4) is 0 Å². The maximum absolute atomic E-state index is 12.3. The van der Waals surface area contributed by atoms with Gasteiger partial charge in [-0.3, -0.25) is 9.59 Å². The Hall–Kier alpha value is -2.65. The van der Waals surface area contributed by atoms with Crippen molar-refractivity contribution in [2.45, 2.75) is 82.9 Å². The average Bonchev–Trinajstić information content (AvgIpc) is 2.90. The van der Waals surface area contributed by atoms with E-state index in [2.05, 4.69) is 79.9 Å². The van der Waals surface area contributed by atoms with Crippen LogP contribution in [-0.4, -0.2) is 44.8 Å². The van der Waals surface area contributed by atoms with Gasteiger partial charge in [0.25, 0.3) is 5.91 Å². The Bertz CT molecular complexity index is 1360. The van der Waals surface area contributed by atoms with Crippen LogP contribution in [-0.2, 0) is 10.2 Å². The van der Waals surface area contributed by atoms with Crippen molar-refractivity contribution >= 4 is 45.2 Å². The molecule has 0 heterocycles. The van der Waals surface area contributed by atoms with Crippen molar-refractivity contribution in [3.05, 3.63) is 76.9 Å². The number of carboxylic acids is 1. The van der Waals surface area contributed by atoms with E-state index in [1.807, 2.05) is 39.0 Å². The van der Waals surface area contributed by atoms with E-state index in [0.29, 0.717) is 5.56 Å². The summed E-state index contributed by atoms with van der Waals surface area (Å²) in [5.41, 5.74) is 3.36. The molecule has 0 fully saturated rings. The minimum atomic E-state index is -1.08. The Balaban J connectivity index is 1.96. The molecule has 216 valence electrons. The first kappa shape index (κ1) is 31.9. The second-order valence-corrected chi connectivity index (χ2v) is 13.7. The Morgan fingerprint density at radius 3 is 2.08 bits per heavy atom. The molecule has 3 aromatic rings. The number of fused-ring (bicyclic) bond motifs is 1. The van der Waals surface area contributed by atoms with Gasteiger partial charge in [0.2, 0.25) is 0 Å². The van der Waals surface area contributed by atoms with Crippen LogP contribution >= 0.6 is 22.6 Å². The molecule has 0 bridgehead atoms. The third-order valence-corrected chi connectivity index (χ3v) is 8.61. The highest BCUT2D eigenvalue weighted by Crippen LogP contribution is 2.42.